The molecule has 0 saturated carbocycles. The van der Waals surface area contributed by atoms with Gasteiger partial charge in [0, 0.05) is 12.6 Å². The van der Waals surface area contributed by atoms with Gasteiger partial charge in [0.1, 0.15) is 11.9 Å². The number of amides is 2. The highest BCUT2D eigenvalue weighted by molar-refractivity contribution is 6.33. The lowest BCUT2D eigenvalue weighted by Crippen LogP contribution is -2.49. The highest BCUT2D eigenvalue weighted by atomic mass is 35.5. The normalized spacial score (nSPS) is 18.4. The van der Waals surface area contributed by atoms with Crippen molar-refractivity contribution < 1.29 is 23.5 Å². The first-order chi connectivity index (χ1) is 9.90. The highest BCUT2D eigenvalue weighted by Gasteiger charge is 2.32. The van der Waals surface area contributed by atoms with Gasteiger partial charge in [0.2, 0.25) is 0 Å². The third-order valence-electron chi connectivity index (χ3n) is 3.29. The first-order valence-corrected chi connectivity index (χ1v) is 6.73. The topological polar surface area (TPSA) is 69.6 Å². The van der Waals surface area contributed by atoms with Gasteiger partial charge in [0.05, 0.1) is 10.7 Å². The first kappa shape index (κ1) is 15.5. The van der Waals surface area contributed by atoms with Crippen LogP contribution in [0.15, 0.2) is 12.1 Å². The lowest BCUT2D eigenvalue weighted by atomic mass is 10.0. The van der Waals surface area contributed by atoms with Gasteiger partial charge >= 0.3 is 12.0 Å². The smallest absolute Gasteiger partial charge is 0.326 e. The zero-order valence-electron chi connectivity index (χ0n) is 10.9. The summed E-state index contributed by atoms with van der Waals surface area (Å²) in [5.41, 5.74) is -0.363. The molecule has 2 amide bonds. The van der Waals surface area contributed by atoms with E-state index < -0.39 is 29.7 Å². The molecule has 2 rings (SSSR count). The molecule has 1 aliphatic rings. The maximum atomic E-state index is 13.6. The largest absolute Gasteiger partial charge is 0.480 e. The Kier molecular flexibility index (Phi) is 4.62. The number of likely N-dealkylation sites (tertiary alicyclic amines) is 1. The van der Waals surface area contributed by atoms with E-state index in [9.17, 15) is 18.4 Å². The number of nitrogens with zero attached hydrogens (tertiary/aromatic N) is 1. The second kappa shape index (κ2) is 6.26. The molecule has 0 spiro atoms. The number of halogens is 3. The van der Waals surface area contributed by atoms with Crippen molar-refractivity contribution in [1.29, 1.82) is 0 Å². The summed E-state index contributed by atoms with van der Waals surface area (Å²) < 4.78 is 26.6. The Bertz CT molecular complexity index is 560. The zero-order chi connectivity index (χ0) is 15.6. The van der Waals surface area contributed by atoms with Crippen LogP contribution in [0.2, 0.25) is 5.02 Å². The fourth-order valence-electron chi connectivity index (χ4n) is 2.27. The molecule has 1 fully saturated rings. The Morgan fingerprint density at radius 2 is 2.05 bits per heavy atom. The molecule has 1 unspecified atom stereocenters. The maximum Gasteiger partial charge on any atom is 0.326 e. The fourth-order valence-corrected chi connectivity index (χ4v) is 2.51. The minimum atomic E-state index is -1.12. The van der Waals surface area contributed by atoms with Gasteiger partial charge in [-0.25, -0.2) is 18.4 Å². The fraction of sp³-hybridized carbons (Fsp3) is 0.385. The van der Waals surface area contributed by atoms with E-state index in [4.69, 9.17) is 16.7 Å². The minimum Gasteiger partial charge on any atom is -0.480 e. The molecule has 1 aromatic carbocycles. The van der Waals surface area contributed by atoms with Gasteiger partial charge in [-0.3, -0.25) is 0 Å². The molecule has 8 heteroatoms. The molecule has 21 heavy (non-hydrogen) atoms. The van der Waals surface area contributed by atoms with E-state index in [1.807, 2.05) is 0 Å². The average Bonchev–Trinajstić information content (AvgIpc) is 2.42. The molecular weight excluding hydrogens is 306 g/mol. The molecule has 2 N–H and O–H groups in total. The minimum absolute atomic E-state index is 0.253. The monoisotopic (exact) mass is 318 g/mol. The van der Waals surface area contributed by atoms with E-state index in [-0.39, 0.29) is 17.3 Å². The zero-order valence-corrected chi connectivity index (χ0v) is 11.7. The first-order valence-electron chi connectivity index (χ1n) is 6.35. The van der Waals surface area contributed by atoms with Crippen molar-refractivity contribution in [3.8, 4) is 0 Å². The van der Waals surface area contributed by atoms with E-state index >= 15 is 0 Å². The Hall–Kier alpha value is -1.89. The summed E-state index contributed by atoms with van der Waals surface area (Å²) in [6, 6.07) is -0.270. The number of anilines is 1. The van der Waals surface area contributed by atoms with Crippen molar-refractivity contribution in [2.45, 2.75) is 25.3 Å². The van der Waals surface area contributed by atoms with Crippen LogP contribution in [0.3, 0.4) is 0 Å². The van der Waals surface area contributed by atoms with Crippen LogP contribution in [-0.2, 0) is 4.79 Å². The van der Waals surface area contributed by atoms with Crippen LogP contribution in [0, 0.1) is 11.6 Å². The summed E-state index contributed by atoms with van der Waals surface area (Å²) in [4.78, 5) is 24.3. The molecule has 5 nitrogen and oxygen atoms in total. The predicted molar refractivity (Wildman–Crippen MR) is 72.4 cm³/mol. The van der Waals surface area contributed by atoms with Crippen LogP contribution in [0.25, 0.3) is 0 Å². The van der Waals surface area contributed by atoms with Crippen LogP contribution >= 0.6 is 11.6 Å². The molecular formula is C13H13ClF2N2O3. The van der Waals surface area contributed by atoms with Crippen LogP contribution < -0.4 is 5.32 Å². The van der Waals surface area contributed by atoms with Gasteiger partial charge in [-0.2, -0.15) is 0 Å². The van der Waals surface area contributed by atoms with Crippen molar-refractivity contribution >= 4 is 29.3 Å². The second-order valence-electron chi connectivity index (χ2n) is 4.72. The number of hydrogen-bond donors (Lipinski definition) is 2. The Balaban J connectivity index is 2.19. The average molecular weight is 319 g/mol. The summed E-state index contributed by atoms with van der Waals surface area (Å²) >= 11 is 5.69. The number of urea groups is 1. The molecule has 1 saturated heterocycles. The van der Waals surface area contributed by atoms with Crippen LogP contribution in [-0.4, -0.2) is 34.6 Å². The number of carbonyl (C=O) groups excluding carboxylic acids is 1. The van der Waals surface area contributed by atoms with E-state index in [2.05, 4.69) is 5.32 Å². The number of aliphatic carboxylic acids is 1. The van der Waals surface area contributed by atoms with Crippen molar-refractivity contribution in [2.75, 3.05) is 11.9 Å². The van der Waals surface area contributed by atoms with Gasteiger partial charge in [0.15, 0.2) is 5.82 Å². The third kappa shape index (κ3) is 3.41. The number of hydrogen-bond acceptors (Lipinski definition) is 2. The molecule has 0 aliphatic carbocycles. The number of benzene rings is 1. The molecule has 114 valence electrons. The lowest BCUT2D eigenvalue weighted by molar-refractivity contribution is -0.143. The molecule has 1 aliphatic heterocycles. The van der Waals surface area contributed by atoms with Crippen LogP contribution in [0.4, 0.5) is 19.3 Å². The van der Waals surface area contributed by atoms with Crippen molar-refractivity contribution in [1.82, 2.24) is 4.90 Å². The molecule has 1 atom stereocenters. The van der Waals surface area contributed by atoms with Gasteiger partial charge in [-0.1, -0.05) is 11.6 Å². The number of piperidine rings is 1. The maximum absolute atomic E-state index is 13.6. The number of carbonyl (C=O) groups is 2. The van der Waals surface area contributed by atoms with E-state index in [1.54, 1.807) is 0 Å². The molecule has 0 radical (unpaired) electrons. The summed E-state index contributed by atoms with van der Waals surface area (Å²) in [6.07, 6.45) is 1.70. The molecule has 1 aromatic rings. The SMILES string of the molecule is O=C(O)C1CCCCN1C(=O)Nc1c(F)cc(F)cc1Cl. The summed E-state index contributed by atoms with van der Waals surface area (Å²) in [6.45, 7) is 0.253. The highest BCUT2D eigenvalue weighted by Crippen LogP contribution is 2.27. The van der Waals surface area contributed by atoms with Crippen molar-refractivity contribution in [3.05, 3.63) is 28.8 Å². The summed E-state index contributed by atoms with van der Waals surface area (Å²) in [5.74, 6) is -3.00. The van der Waals surface area contributed by atoms with Crippen molar-refractivity contribution in [2.24, 2.45) is 0 Å². The second-order valence-corrected chi connectivity index (χ2v) is 5.12. The van der Waals surface area contributed by atoms with E-state index in [1.165, 1.54) is 0 Å². The Morgan fingerprint density at radius 1 is 1.33 bits per heavy atom. The van der Waals surface area contributed by atoms with Gasteiger partial charge < -0.3 is 15.3 Å². The quantitative estimate of drug-likeness (QED) is 0.880. The molecule has 1 heterocycles. The summed E-state index contributed by atoms with van der Waals surface area (Å²) in [7, 11) is 0. The lowest BCUT2D eigenvalue weighted by Gasteiger charge is -2.33. The molecule has 0 bridgehead atoms. The standard InChI is InChI=1S/C13H13ClF2N2O3/c14-8-5-7(15)6-9(16)11(8)17-13(21)18-4-2-1-3-10(18)12(19)20/h5-6,10H,1-4H2,(H,17,21)(H,19,20). The van der Waals surface area contributed by atoms with Gasteiger partial charge in [-0.05, 0) is 25.3 Å². The Morgan fingerprint density at radius 3 is 2.67 bits per heavy atom. The predicted octanol–water partition coefficient (Wildman–Crippen LogP) is 3.09. The number of rotatable bonds is 2. The van der Waals surface area contributed by atoms with E-state index in [0.717, 1.165) is 11.0 Å². The molecule has 0 aromatic heterocycles. The number of nitrogens with one attached hydrogen (secondary N) is 1. The number of carboxylic acid groups (broad SMARTS) is 1. The van der Waals surface area contributed by atoms with Crippen LogP contribution in [0.1, 0.15) is 19.3 Å². The van der Waals surface area contributed by atoms with Crippen molar-refractivity contribution in [3.63, 3.8) is 0 Å². The van der Waals surface area contributed by atoms with Crippen LogP contribution in [0.5, 0.6) is 0 Å². The summed E-state index contributed by atoms with van der Waals surface area (Å²) in [5, 5.41) is 11.0. The van der Waals surface area contributed by atoms with Gasteiger partial charge in [0.25, 0.3) is 0 Å². The Labute approximate surface area is 124 Å². The van der Waals surface area contributed by atoms with E-state index in [0.29, 0.717) is 25.3 Å². The van der Waals surface area contributed by atoms with Gasteiger partial charge in [-0.15, -0.1) is 0 Å². The third-order valence-corrected chi connectivity index (χ3v) is 3.59. The number of carboxylic acids is 1.